The van der Waals surface area contributed by atoms with Crippen LogP contribution in [0.1, 0.15) is 34.8 Å². The lowest BCUT2D eigenvalue weighted by molar-refractivity contribution is -0.124. The molecular formula is C29H27N3O5. The van der Waals surface area contributed by atoms with Gasteiger partial charge < -0.3 is 15.4 Å². The molecule has 0 aromatic heterocycles. The summed E-state index contributed by atoms with van der Waals surface area (Å²) in [6.45, 7) is 3.96. The third-order valence-corrected chi connectivity index (χ3v) is 5.83. The molecule has 4 rings (SSSR count). The molecule has 8 heteroatoms. The van der Waals surface area contributed by atoms with Gasteiger partial charge in [0.15, 0.2) is 0 Å². The lowest BCUT2D eigenvalue weighted by atomic mass is 10.0. The molecule has 188 valence electrons. The van der Waals surface area contributed by atoms with Gasteiger partial charge in [-0.3, -0.25) is 19.3 Å². The molecule has 2 N–H and O–H groups in total. The predicted octanol–water partition coefficient (Wildman–Crippen LogP) is 4.57. The summed E-state index contributed by atoms with van der Waals surface area (Å²) in [7, 11) is 0. The number of carbonyl (C=O) groups excluding carboxylic acids is 4. The SMILES string of the molecule is CCOC(=O)c1ccc(NC(=O)C[C@H]2C(=O)Nc3ccccc3N2C(=O)/C=C/c2ccc(C)cc2)cc1. The van der Waals surface area contributed by atoms with Crippen LogP contribution in [0.4, 0.5) is 17.1 Å². The quantitative estimate of drug-likeness (QED) is 0.368. The van der Waals surface area contributed by atoms with E-state index in [4.69, 9.17) is 4.74 Å². The molecule has 8 nitrogen and oxygen atoms in total. The van der Waals surface area contributed by atoms with Crippen LogP contribution in [-0.2, 0) is 19.1 Å². The van der Waals surface area contributed by atoms with Crippen molar-refractivity contribution in [2.24, 2.45) is 0 Å². The number of rotatable bonds is 7. The Balaban J connectivity index is 1.53. The summed E-state index contributed by atoms with van der Waals surface area (Å²) in [4.78, 5) is 52.4. The Morgan fingerprint density at radius 2 is 1.70 bits per heavy atom. The molecule has 0 saturated carbocycles. The first kappa shape index (κ1) is 25.4. The van der Waals surface area contributed by atoms with Crippen LogP contribution >= 0.6 is 0 Å². The molecule has 3 aromatic rings. The van der Waals surface area contributed by atoms with Crippen molar-refractivity contribution in [3.05, 3.63) is 95.6 Å². The number of hydrogen-bond acceptors (Lipinski definition) is 5. The van der Waals surface area contributed by atoms with Crippen molar-refractivity contribution in [2.45, 2.75) is 26.3 Å². The molecule has 0 fully saturated rings. The molecule has 3 aromatic carbocycles. The summed E-state index contributed by atoms with van der Waals surface area (Å²) >= 11 is 0. The molecule has 0 bridgehead atoms. The van der Waals surface area contributed by atoms with Gasteiger partial charge in [-0.15, -0.1) is 0 Å². The summed E-state index contributed by atoms with van der Waals surface area (Å²) in [5.74, 6) is -1.78. The number of nitrogens with one attached hydrogen (secondary N) is 2. The van der Waals surface area contributed by atoms with Gasteiger partial charge in [-0.05, 0) is 61.9 Å². The topological polar surface area (TPSA) is 105 Å². The second-order valence-corrected chi connectivity index (χ2v) is 8.52. The van der Waals surface area contributed by atoms with E-state index < -0.39 is 29.7 Å². The fourth-order valence-corrected chi connectivity index (χ4v) is 3.96. The van der Waals surface area contributed by atoms with E-state index in [-0.39, 0.29) is 13.0 Å². The fraction of sp³-hybridized carbons (Fsp3) is 0.172. The number of fused-ring (bicyclic) bond motifs is 1. The van der Waals surface area contributed by atoms with Crippen LogP contribution < -0.4 is 15.5 Å². The van der Waals surface area contributed by atoms with Gasteiger partial charge in [0.1, 0.15) is 6.04 Å². The summed E-state index contributed by atoms with van der Waals surface area (Å²) in [6, 6.07) is 19.8. The van der Waals surface area contributed by atoms with Crippen molar-refractivity contribution in [3.8, 4) is 0 Å². The monoisotopic (exact) mass is 497 g/mol. The molecule has 0 aliphatic carbocycles. The second-order valence-electron chi connectivity index (χ2n) is 8.52. The summed E-state index contributed by atoms with van der Waals surface area (Å²) < 4.78 is 4.96. The van der Waals surface area contributed by atoms with Crippen LogP contribution in [0.3, 0.4) is 0 Å². The molecule has 1 atom stereocenters. The van der Waals surface area contributed by atoms with Crippen molar-refractivity contribution in [3.63, 3.8) is 0 Å². The lowest BCUT2D eigenvalue weighted by Crippen LogP contribution is -2.52. The Labute approximate surface area is 214 Å². The molecule has 0 unspecified atom stereocenters. The van der Waals surface area contributed by atoms with E-state index in [1.165, 1.54) is 11.0 Å². The van der Waals surface area contributed by atoms with Gasteiger partial charge in [-0.2, -0.15) is 0 Å². The fourth-order valence-electron chi connectivity index (χ4n) is 3.96. The van der Waals surface area contributed by atoms with Crippen LogP contribution in [0.5, 0.6) is 0 Å². The molecular weight excluding hydrogens is 470 g/mol. The smallest absolute Gasteiger partial charge is 0.338 e. The van der Waals surface area contributed by atoms with Gasteiger partial charge in [0.2, 0.25) is 11.8 Å². The highest BCUT2D eigenvalue weighted by Crippen LogP contribution is 2.33. The number of aryl methyl sites for hydroxylation is 1. The maximum atomic E-state index is 13.3. The normalized spacial score (nSPS) is 14.6. The zero-order valence-corrected chi connectivity index (χ0v) is 20.6. The van der Waals surface area contributed by atoms with Gasteiger partial charge >= 0.3 is 5.97 Å². The van der Waals surface area contributed by atoms with Gasteiger partial charge in [0.25, 0.3) is 5.91 Å². The van der Waals surface area contributed by atoms with E-state index in [0.717, 1.165) is 11.1 Å². The number of anilines is 3. The Hall–Kier alpha value is -4.72. The van der Waals surface area contributed by atoms with Crippen LogP contribution in [0.2, 0.25) is 0 Å². The van der Waals surface area contributed by atoms with Crippen LogP contribution in [0, 0.1) is 6.92 Å². The van der Waals surface area contributed by atoms with Gasteiger partial charge in [-0.1, -0.05) is 42.0 Å². The third-order valence-electron chi connectivity index (χ3n) is 5.83. The van der Waals surface area contributed by atoms with Crippen LogP contribution in [0.15, 0.2) is 78.9 Å². The van der Waals surface area contributed by atoms with Gasteiger partial charge in [0.05, 0.1) is 30.0 Å². The number of carbonyl (C=O) groups is 4. The number of esters is 1. The van der Waals surface area contributed by atoms with Gasteiger partial charge in [0, 0.05) is 11.8 Å². The molecule has 1 aliphatic rings. The van der Waals surface area contributed by atoms with Crippen molar-refractivity contribution < 1.29 is 23.9 Å². The first-order valence-corrected chi connectivity index (χ1v) is 11.9. The Bertz CT molecular complexity index is 1350. The summed E-state index contributed by atoms with van der Waals surface area (Å²) in [5, 5.41) is 5.52. The number of benzene rings is 3. The first-order chi connectivity index (χ1) is 17.9. The van der Waals surface area contributed by atoms with Crippen molar-refractivity contribution in [1.82, 2.24) is 0 Å². The largest absolute Gasteiger partial charge is 0.462 e. The summed E-state index contributed by atoms with van der Waals surface area (Å²) in [6.07, 6.45) is 2.82. The number of amides is 3. The minimum Gasteiger partial charge on any atom is -0.462 e. The second kappa shape index (κ2) is 11.3. The number of ether oxygens (including phenoxy) is 1. The van der Waals surface area contributed by atoms with E-state index >= 15 is 0 Å². The molecule has 1 aliphatic heterocycles. The maximum Gasteiger partial charge on any atom is 0.338 e. The van der Waals surface area contributed by atoms with E-state index in [1.807, 2.05) is 31.2 Å². The Morgan fingerprint density at radius 1 is 1.00 bits per heavy atom. The highest BCUT2D eigenvalue weighted by molar-refractivity contribution is 6.16. The van der Waals surface area contributed by atoms with Crippen molar-refractivity contribution >= 4 is 46.8 Å². The molecule has 37 heavy (non-hydrogen) atoms. The maximum absolute atomic E-state index is 13.3. The van der Waals surface area contributed by atoms with E-state index in [0.29, 0.717) is 22.6 Å². The van der Waals surface area contributed by atoms with Crippen molar-refractivity contribution in [1.29, 1.82) is 0 Å². The van der Waals surface area contributed by atoms with E-state index in [2.05, 4.69) is 10.6 Å². The van der Waals surface area contributed by atoms with E-state index in [9.17, 15) is 19.2 Å². The zero-order chi connectivity index (χ0) is 26.4. The molecule has 3 amide bonds. The minimum absolute atomic E-state index is 0.260. The third kappa shape index (κ3) is 6.10. The highest BCUT2D eigenvalue weighted by atomic mass is 16.5. The molecule has 0 radical (unpaired) electrons. The zero-order valence-electron chi connectivity index (χ0n) is 20.6. The Morgan fingerprint density at radius 3 is 2.41 bits per heavy atom. The number of hydrogen-bond donors (Lipinski definition) is 2. The average Bonchev–Trinajstić information content (AvgIpc) is 2.89. The number of para-hydroxylation sites is 2. The summed E-state index contributed by atoms with van der Waals surface area (Å²) in [5.41, 5.74) is 3.76. The molecule has 0 saturated heterocycles. The number of nitrogens with zero attached hydrogens (tertiary/aromatic N) is 1. The lowest BCUT2D eigenvalue weighted by Gasteiger charge is -2.35. The van der Waals surface area contributed by atoms with Crippen LogP contribution in [-0.4, -0.2) is 36.3 Å². The van der Waals surface area contributed by atoms with Crippen molar-refractivity contribution in [2.75, 3.05) is 22.1 Å². The highest BCUT2D eigenvalue weighted by Gasteiger charge is 2.37. The standard InChI is InChI=1S/C29H27N3O5/c1-3-37-29(36)21-13-15-22(16-14-21)30-26(33)18-25-28(35)31-23-6-4-5-7-24(23)32(25)27(34)17-12-20-10-8-19(2)9-11-20/h4-17,25H,3,18H2,1-2H3,(H,30,33)(H,31,35)/b17-12+/t25-/m0/s1. The van der Waals surface area contributed by atoms with Crippen LogP contribution in [0.25, 0.3) is 6.08 Å². The van der Waals surface area contributed by atoms with E-state index in [1.54, 1.807) is 61.5 Å². The molecule has 0 spiro atoms. The van der Waals surface area contributed by atoms with Gasteiger partial charge in [-0.25, -0.2) is 4.79 Å². The first-order valence-electron chi connectivity index (χ1n) is 11.9. The molecule has 1 heterocycles. The predicted molar refractivity (Wildman–Crippen MR) is 142 cm³/mol. The Kier molecular flexibility index (Phi) is 7.78. The average molecular weight is 498 g/mol. The minimum atomic E-state index is -1.05.